The van der Waals surface area contributed by atoms with E-state index in [9.17, 15) is 13.2 Å². The molecule has 4 rings (SSSR count). The van der Waals surface area contributed by atoms with Crippen molar-refractivity contribution in [3.8, 4) is 5.69 Å². The number of hydrogen-bond donors (Lipinski definition) is 1. The third kappa shape index (κ3) is 4.87. The SMILES string of the molecule is Cc1cc(/C=N/NC(=O)c2ccncc2)c(C)n1-c1cccc(S(=O)(=O)N2CCOCC2)c1. The van der Waals surface area contributed by atoms with Gasteiger partial charge in [0, 0.05) is 53.7 Å². The molecule has 1 amide bonds. The molecule has 2 aromatic heterocycles. The van der Waals surface area contributed by atoms with Gasteiger partial charge in [0.25, 0.3) is 5.91 Å². The van der Waals surface area contributed by atoms with Crippen LogP contribution in [0.25, 0.3) is 5.69 Å². The molecule has 0 bridgehead atoms. The lowest BCUT2D eigenvalue weighted by Crippen LogP contribution is -2.40. The van der Waals surface area contributed by atoms with E-state index in [4.69, 9.17) is 4.74 Å². The van der Waals surface area contributed by atoms with Crippen molar-refractivity contribution >= 4 is 22.1 Å². The summed E-state index contributed by atoms with van der Waals surface area (Å²) in [6, 6.07) is 12.0. The van der Waals surface area contributed by atoms with Gasteiger partial charge in [-0.15, -0.1) is 0 Å². The van der Waals surface area contributed by atoms with E-state index < -0.39 is 10.0 Å². The number of nitrogens with one attached hydrogen (secondary N) is 1. The van der Waals surface area contributed by atoms with Gasteiger partial charge in [-0.2, -0.15) is 9.41 Å². The second-order valence-electron chi connectivity index (χ2n) is 7.61. The molecule has 10 heteroatoms. The summed E-state index contributed by atoms with van der Waals surface area (Å²) in [5.41, 5.74) is 6.30. The van der Waals surface area contributed by atoms with Crippen LogP contribution in [-0.2, 0) is 14.8 Å². The number of hydrogen-bond acceptors (Lipinski definition) is 6. The third-order valence-corrected chi connectivity index (χ3v) is 7.36. The minimum absolute atomic E-state index is 0.245. The van der Waals surface area contributed by atoms with E-state index in [0.29, 0.717) is 31.9 Å². The number of amides is 1. The van der Waals surface area contributed by atoms with Crippen molar-refractivity contribution in [2.45, 2.75) is 18.7 Å². The average molecular weight is 468 g/mol. The van der Waals surface area contributed by atoms with Crippen LogP contribution in [0.5, 0.6) is 0 Å². The van der Waals surface area contributed by atoms with Gasteiger partial charge in [0.2, 0.25) is 10.0 Å². The van der Waals surface area contributed by atoms with Gasteiger partial charge in [0.15, 0.2) is 0 Å². The van der Waals surface area contributed by atoms with Crippen LogP contribution in [0, 0.1) is 13.8 Å². The summed E-state index contributed by atoms with van der Waals surface area (Å²) in [4.78, 5) is 16.3. The van der Waals surface area contributed by atoms with Crippen LogP contribution in [0.1, 0.15) is 27.3 Å². The zero-order chi connectivity index (χ0) is 23.4. The normalized spacial score (nSPS) is 15.1. The molecule has 1 saturated heterocycles. The van der Waals surface area contributed by atoms with E-state index in [0.717, 1.165) is 22.6 Å². The highest BCUT2D eigenvalue weighted by molar-refractivity contribution is 7.89. The number of sulfonamides is 1. The number of carbonyl (C=O) groups excluding carboxylic acids is 1. The molecule has 1 aliphatic rings. The summed E-state index contributed by atoms with van der Waals surface area (Å²) >= 11 is 0. The van der Waals surface area contributed by atoms with Gasteiger partial charge in [-0.1, -0.05) is 6.07 Å². The van der Waals surface area contributed by atoms with Crippen molar-refractivity contribution in [1.82, 2.24) is 19.3 Å². The smallest absolute Gasteiger partial charge is 0.271 e. The van der Waals surface area contributed by atoms with Crippen molar-refractivity contribution < 1.29 is 17.9 Å². The molecular weight excluding hydrogens is 442 g/mol. The first-order valence-corrected chi connectivity index (χ1v) is 11.9. The summed E-state index contributed by atoms with van der Waals surface area (Å²) in [6.45, 7) is 5.34. The second-order valence-corrected chi connectivity index (χ2v) is 9.55. The minimum Gasteiger partial charge on any atom is -0.379 e. The maximum Gasteiger partial charge on any atom is 0.271 e. The van der Waals surface area contributed by atoms with Crippen molar-refractivity contribution in [3.63, 3.8) is 0 Å². The van der Waals surface area contributed by atoms with Crippen LogP contribution in [-0.4, -0.2) is 60.7 Å². The Kier molecular flexibility index (Phi) is 6.68. The lowest BCUT2D eigenvalue weighted by molar-refractivity contribution is 0.0730. The van der Waals surface area contributed by atoms with Crippen LogP contribution in [0.2, 0.25) is 0 Å². The van der Waals surface area contributed by atoms with Crippen molar-refractivity contribution in [3.05, 3.63) is 77.4 Å². The zero-order valence-corrected chi connectivity index (χ0v) is 19.2. The standard InChI is InChI=1S/C23H25N5O4S/c1-17-14-20(16-25-26-23(29)19-6-8-24-9-7-19)18(2)28(17)21-4-3-5-22(15-21)33(30,31)27-10-12-32-13-11-27/h3-9,14-16H,10-13H2,1-2H3,(H,26,29)/b25-16+. The molecule has 1 N–H and O–H groups in total. The Morgan fingerprint density at radius 2 is 1.85 bits per heavy atom. The molecule has 0 unspecified atom stereocenters. The summed E-state index contributed by atoms with van der Waals surface area (Å²) in [7, 11) is -3.60. The van der Waals surface area contributed by atoms with Crippen LogP contribution >= 0.6 is 0 Å². The highest BCUT2D eigenvalue weighted by Gasteiger charge is 2.26. The molecule has 172 valence electrons. The number of pyridine rings is 1. The monoisotopic (exact) mass is 467 g/mol. The van der Waals surface area contributed by atoms with Crippen LogP contribution in [0.15, 0.2) is 64.9 Å². The quantitative estimate of drug-likeness (QED) is 0.442. The average Bonchev–Trinajstić information content (AvgIpc) is 3.13. The van der Waals surface area contributed by atoms with E-state index in [1.807, 2.05) is 30.5 Å². The predicted molar refractivity (Wildman–Crippen MR) is 124 cm³/mol. The van der Waals surface area contributed by atoms with E-state index in [1.165, 1.54) is 4.31 Å². The first-order valence-electron chi connectivity index (χ1n) is 10.5. The molecule has 0 aliphatic carbocycles. The first kappa shape index (κ1) is 22.8. The van der Waals surface area contributed by atoms with E-state index >= 15 is 0 Å². The summed E-state index contributed by atoms with van der Waals surface area (Å²) < 4.78 is 34.8. The fraction of sp³-hybridized carbons (Fsp3) is 0.261. The molecule has 0 radical (unpaired) electrons. The lowest BCUT2D eigenvalue weighted by atomic mass is 10.2. The maximum atomic E-state index is 13.1. The molecular formula is C23H25N5O4S. The maximum absolute atomic E-state index is 13.1. The number of carbonyl (C=O) groups is 1. The van der Waals surface area contributed by atoms with Gasteiger partial charge in [-0.3, -0.25) is 9.78 Å². The summed E-state index contributed by atoms with van der Waals surface area (Å²) in [5.74, 6) is -0.330. The number of rotatable bonds is 6. The topological polar surface area (TPSA) is 106 Å². The fourth-order valence-electron chi connectivity index (χ4n) is 3.76. The first-order chi connectivity index (χ1) is 15.9. The molecule has 1 aromatic carbocycles. The van der Waals surface area contributed by atoms with Crippen molar-refractivity contribution in [2.24, 2.45) is 5.10 Å². The molecule has 3 aromatic rings. The molecule has 33 heavy (non-hydrogen) atoms. The molecule has 9 nitrogen and oxygen atoms in total. The van der Waals surface area contributed by atoms with Gasteiger partial charge in [0.05, 0.1) is 24.3 Å². The number of aromatic nitrogens is 2. The number of aryl methyl sites for hydroxylation is 1. The van der Waals surface area contributed by atoms with Gasteiger partial charge in [0.1, 0.15) is 0 Å². The molecule has 0 spiro atoms. The Bertz CT molecular complexity index is 1280. The van der Waals surface area contributed by atoms with E-state index in [-0.39, 0.29) is 10.8 Å². The van der Waals surface area contributed by atoms with Crippen molar-refractivity contribution in [2.75, 3.05) is 26.3 Å². The van der Waals surface area contributed by atoms with Crippen LogP contribution in [0.3, 0.4) is 0 Å². The summed E-state index contributed by atoms with van der Waals surface area (Å²) in [5, 5.41) is 4.07. The van der Waals surface area contributed by atoms with E-state index in [2.05, 4.69) is 15.5 Å². The van der Waals surface area contributed by atoms with Crippen LogP contribution in [0.4, 0.5) is 0 Å². The summed E-state index contributed by atoms with van der Waals surface area (Å²) in [6.07, 6.45) is 4.66. The minimum atomic E-state index is -3.60. The van der Waals surface area contributed by atoms with Gasteiger partial charge in [-0.25, -0.2) is 13.8 Å². The Labute approximate surface area is 192 Å². The highest BCUT2D eigenvalue weighted by atomic mass is 32.2. The number of nitrogens with zero attached hydrogens (tertiary/aromatic N) is 4. The van der Waals surface area contributed by atoms with E-state index in [1.54, 1.807) is 48.9 Å². The number of hydrazone groups is 1. The predicted octanol–water partition coefficient (Wildman–Crippen LogP) is 2.27. The lowest BCUT2D eigenvalue weighted by Gasteiger charge is -2.26. The fourth-order valence-corrected chi connectivity index (χ4v) is 5.21. The Morgan fingerprint density at radius 3 is 2.58 bits per heavy atom. The zero-order valence-electron chi connectivity index (χ0n) is 18.4. The van der Waals surface area contributed by atoms with Crippen LogP contribution < -0.4 is 5.43 Å². The Hall–Kier alpha value is -3.34. The third-order valence-electron chi connectivity index (χ3n) is 5.47. The Balaban J connectivity index is 1.57. The number of benzene rings is 1. The molecule has 3 heterocycles. The largest absolute Gasteiger partial charge is 0.379 e. The molecule has 0 atom stereocenters. The number of ether oxygens (including phenoxy) is 1. The number of morpholine rings is 1. The van der Waals surface area contributed by atoms with Gasteiger partial charge >= 0.3 is 0 Å². The molecule has 0 saturated carbocycles. The van der Waals surface area contributed by atoms with Gasteiger partial charge < -0.3 is 9.30 Å². The second kappa shape index (κ2) is 9.65. The molecule has 1 fully saturated rings. The van der Waals surface area contributed by atoms with Crippen molar-refractivity contribution in [1.29, 1.82) is 0 Å². The van der Waals surface area contributed by atoms with Gasteiger partial charge in [-0.05, 0) is 50.2 Å². The Morgan fingerprint density at radius 1 is 1.12 bits per heavy atom. The molecule has 1 aliphatic heterocycles. The highest BCUT2D eigenvalue weighted by Crippen LogP contribution is 2.24.